The van der Waals surface area contributed by atoms with Gasteiger partial charge in [0.1, 0.15) is 6.20 Å². The second-order valence-electron chi connectivity index (χ2n) is 5.14. The van der Waals surface area contributed by atoms with Gasteiger partial charge >= 0.3 is 5.69 Å². The van der Waals surface area contributed by atoms with E-state index in [0.29, 0.717) is 27.2 Å². The lowest BCUT2D eigenvalue weighted by atomic mass is 10.0. The largest absolute Gasteiger partial charge is 0.349 e. The molecule has 0 atom stereocenters. The minimum Gasteiger partial charge on any atom is -0.271 e. The number of nitrogens with one attached hydrogen (secondary N) is 1. The molecule has 0 aliphatic carbocycles. The highest BCUT2D eigenvalue weighted by Crippen LogP contribution is 2.34. The average Bonchev–Trinajstić information content (AvgIpc) is 2.57. The van der Waals surface area contributed by atoms with E-state index in [2.05, 4.69) is 10.1 Å². The van der Waals surface area contributed by atoms with Gasteiger partial charge in [0.2, 0.25) is 0 Å². The number of aromatic nitrogens is 3. The zero-order valence-corrected chi connectivity index (χ0v) is 15.4. The van der Waals surface area contributed by atoms with Gasteiger partial charge in [-0.2, -0.15) is 9.78 Å². The van der Waals surface area contributed by atoms with Gasteiger partial charge in [0.15, 0.2) is 0 Å². The molecule has 9 heteroatoms. The van der Waals surface area contributed by atoms with Gasteiger partial charge in [-0.3, -0.25) is 9.78 Å². The number of rotatable bonds is 3. The summed E-state index contributed by atoms with van der Waals surface area (Å²) in [6, 6.07) is 8.43. The Kier molecular flexibility index (Phi) is 5.20. The molecule has 0 saturated carbocycles. The molecular formula is C16H9Cl4N3O2. The molecule has 1 N–H and O–H groups in total. The molecule has 1 aromatic heterocycles. The average molecular weight is 417 g/mol. The van der Waals surface area contributed by atoms with E-state index in [1.807, 2.05) is 0 Å². The van der Waals surface area contributed by atoms with Crippen LogP contribution < -0.4 is 11.2 Å². The summed E-state index contributed by atoms with van der Waals surface area (Å²) in [5, 5.41) is 5.24. The van der Waals surface area contributed by atoms with E-state index in [1.165, 1.54) is 0 Å². The quantitative estimate of drug-likeness (QED) is 0.652. The molecule has 0 bridgehead atoms. The number of hydrogen-bond acceptors (Lipinski definition) is 3. The van der Waals surface area contributed by atoms with Crippen LogP contribution >= 0.6 is 46.4 Å². The molecule has 2 aromatic carbocycles. The minimum atomic E-state index is -0.649. The monoisotopic (exact) mass is 415 g/mol. The molecule has 25 heavy (non-hydrogen) atoms. The van der Waals surface area contributed by atoms with Crippen LogP contribution in [0.15, 0.2) is 46.1 Å². The van der Waals surface area contributed by atoms with Gasteiger partial charge < -0.3 is 0 Å². The van der Waals surface area contributed by atoms with E-state index >= 15 is 0 Å². The summed E-state index contributed by atoms with van der Waals surface area (Å²) in [5.41, 5.74) is 0.755. The topological polar surface area (TPSA) is 67.8 Å². The molecule has 0 aliphatic rings. The molecule has 0 saturated heterocycles. The Morgan fingerprint density at radius 2 is 1.64 bits per heavy atom. The summed E-state index contributed by atoms with van der Waals surface area (Å²) >= 11 is 24.5. The first-order chi connectivity index (χ1) is 11.9. The van der Waals surface area contributed by atoms with Crippen LogP contribution in [0.2, 0.25) is 20.1 Å². The summed E-state index contributed by atoms with van der Waals surface area (Å²) in [5.74, 6) is 0. The lowest BCUT2D eigenvalue weighted by Gasteiger charge is -2.10. The van der Waals surface area contributed by atoms with Crippen molar-refractivity contribution < 1.29 is 0 Å². The normalized spacial score (nSPS) is 10.9. The number of benzene rings is 2. The number of halogens is 4. The Balaban J connectivity index is 1.97. The van der Waals surface area contributed by atoms with Gasteiger partial charge in [0.25, 0.3) is 5.56 Å². The van der Waals surface area contributed by atoms with Crippen molar-refractivity contribution >= 4 is 46.4 Å². The Hall–Kier alpha value is -1.79. The highest BCUT2D eigenvalue weighted by Gasteiger charge is 2.12. The molecule has 0 spiro atoms. The van der Waals surface area contributed by atoms with Crippen LogP contribution in [-0.2, 0) is 6.42 Å². The van der Waals surface area contributed by atoms with Gasteiger partial charge in [0, 0.05) is 11.4 Å². The molecular weight excluding hydrogens is 408 g/mol. The minimum absolute atomic E-state index is 0.289. The molecule has 0 aliphatic heterocycles. The van der Waals surface area contributed by atoms with Crippen molar-refractivity contribution in [2.45, 2.75) is 6.42 Å². The third-order valence-corrected chi connectivity index (χ3v) is 5.17. The van der Waals surface area contributed by atoms with Crippen molar-refractivity contribution in [2.75, 3.05) is 0 Å². The van der Waals surface area contributed by atoms with Crippen LogP contribution in [-0.4, -0.2) is 14.8 Å². The van der Waals surface area contributed by atoms with E-state index in [0.717, 1.165) is 22.0 Å². The van der Waals surface area contributed by atoms with Crippen molar-refractivity contribution in [2.24, 2.45) is 0 Å². The van der Waals surface area contributed by atoms with Crippen LogP contribution in [0.4, 0.5) is 0 Å². The molecule has 0 fully saturated rings. The summed E-state index contributed by atoms with van der Waals surface area (Å²) in [6.45, 7) is 0. The van der Waals surface area contributed by atoms with E-state index in [1.54, 1.807) is 30.3 Å². The molecule has 0 unspecified atom stereocenters. The number of H-pyrrole nitrogens is 1. The summed E-state index contributed by atoms with van der Waals surface area (Å²) in [4.78, 5) is 25.0. The van der Waals surface area contributed by atoms with Gasteiger partial charge in [-0.1, -0.05) is 58.5 Å². The third kappa shape index (κ3) is 3.75. The molecule has 1 heterocycles. The first kappa shape index (κ1) is 18.0. The molecule has 128 valence electrons. The Labute approximate surface area is 161 Å². The molecule has 3 rings (SSSR count). The Morgan fingerprint density at radius 1 is 0.920 bits per heavy atom. The smallest absolute Gasteiger partial charge is 0.271 e. The maximum absolute atomic E-state index is 11.8. The summed E-state index contributed by atoms with van der Waals surface area (Å²) in [6.07, 6.45) is 1.45. The molecule has 0 radical (unpaired) electrons. The highest BCUT2D eigenvalue weighted by atomic mass is 35.5. The van der Waals surface area contributed by atoms with E-state index in [9.17, 15) is 9.59 Å². The van der Waals surface area contributed by atoms with Gasteiger partial charge in [-0.05, 0) is 29.3 Å². The standard InChI is InChI=1S/C16H9Cl4N3O2/c17-11-4-2-9(14(19)15(11)20)5-8-1-3-10(6-12(8)18)23-16(25)22-13(24)7-21-23/h1-4,6-7H,5H2,(H,22,24,25). The fourth-order valence-corrected chi connectivity index (χ4v) is 3.12. The first-order valence-electron chi connectivity index (χ1n) is 6.96. The fourth-order valence-electron chi connectivity index (χ4n) is 2.26. The van der Waals surface area contributed by atoms with Gasteiger partial charge in [-0.25, -0.2) is 4.79 Å². The number of hydrogen-bond donors (Lipinski definition) is 1. The van der Waals surface area contributed by atoms with Crippen molar-refractivity contribution in [3.8, 4) is 5.69 Å². The highest BCUT2D eigenvalue weighted by molar-refractivity contribution is 6.48. The molecule has 3 aromatic rings. The maximum atomic E-state index is 11.8. The lowest BCUT2D eigenvalue weighted by molar-refractivity contribution is 0.749. The van der Waals surface area contributed by atoms with Crippen LogP contribution in [0.25, 0.3) is 5.69 Å². The predicted octanol–water partition coefficient (Wildman–Crippen LogP) is 4.13. The lowest BCUT2D eigenvalue weighted by Crippen LogP contribution is -2.30. The van der Waals surface area contributed by atoms with E-state index in [-0.39, 0.29) is 5.02 Å². The van der Waals surface area contributed by atoms with Crippen molar-refractivity contribution in [1.29, 1.82) is 0 Å². The Bertz CT molecular complexity index is 1080. The maximum Gasteiger partial charge on any atom is 0.349 e. The Morgan fingerprint density at radius 3 is 2.32 bits per heavy atom. The van der Waals surface area contributed by atoms with Crippen LogP contribution in [0.5, 0.6) is 0 Å². The van der Waals surface area contributed by atoms with E-state index in [4.69, 9.17) is 46.4 Å². The van der Waals surface area contributed by atoms with Crippen molar-refractivity contribution in [3.05, 3.63) is 88.6 Å². The van der Waals surface area contributed by atoms with Gasteiger partial charge in [0.05, 0.1) is 20.8 Å². The van der Waals surface area contributed by atoms with Gasteiger partial charge in [-0.15, -0.1) is 0 Å². The van der Waals surface area contributed by atoms with Crippen LogP contribution in [0.1, 0.15) is 11.1 Å². The van der Waals surface area contributed by atoms with Crippen molar-refractivity contribution in [1.82, 2.24) is 14.8 Å². The zero-order chi connectivity index (χ0) is 18.1. The van der Waals surface area contributed by atoms with Crippen LogP contribution in [0, 0.1) is 0 Å². The summed E-state index contributed by atoms with van der Waals surface area (Å²) < 4.78 is 1.04. The third-order valence-electron chi connectivity index (χ3n) is 3.49. The summed E-state index contributed by atoms with van der Waals surface area (Å²) in [7, 11) is 0. The molecule has 5 nitrogen and oxygen atoms in total. The SMILES string of the molecule is O=c1cnn(-c2ccc(Cc3ccc(Cl)c(Cl)c3Cl)c(Cl)c2)c(=O)[nH]1. The zero-order valence-electron chi connectivity index (χ0n) is 12.4. The van der Waals surface area contributed by atoms with E-state index < -0.39 is 11.2 Å². The second kappa shape index (κ2) is 7.22. The van der Waals surface area contributed by atoms with Crippen molar-refractivity contribution in [3.63, 3.8) is 0 Å². The number of aromatic amines is 1. The van der Waals surface area contributed by atoms with Crippen LogP contribution in [0.3, 0.4) is 0 Å². The number of nitrogens with zero attached hydrogens (tertiary/aromatic N) is 2. The fraction of sp³-hybridized carbons (Fsp3) is 0.0625. The second-order valence-corrected chi connectivity index (χ2v) is 6.71. The first-order valence-corrected chi connectivity index (χ1v) is 8.48. The molecule has 0 amide bonds. The predicted molar refractivity (Wildman–Crippen MR) is 99.7 cm³/mol.